The molecule has 10 heteroatoms. The SMILES string of the molecule is COCc1cc(-c2nc(-c3ccc(CN(C)CC(=O)O)c(F)c3)no2)ccc1-c1cccc(F)c1Cl. The molecule has 0 aliphatic carbocycles. The summed E-state index contributed by atoms with van der Waals surface area (Å²) in [5, 5.41) is 12.9. The molecule has 0 spiro atoms. The van der Waals surface area contributed by atoms with E-state index in [9.17, 15) is 13.6 Å². The summed E-state index contributed by atoms with van der Waals surface area (Å²) in [4.78, 5) is 16.7. The van der Waals surface area contributed by atoms with Crippen molar-refractivity contribution in [3.05, 3.63) is 82.4 Å². The summed E-state index contributed by atoms with van der Waals surface area (Å²) in [5.41, 5.74) is 3.34. The Morgan fingerprint density at radius 2 is 1.83 bits per heavy atom. The topological polar surface area (TPSA) is 88.7 Å². The van der Waals surface area contributed by atoms with Gasteiger partial charge < -0.3 is 14.4 Å². The first kappa shape index (κ1) is 25.4. The van der Waals surface area contributed by atoms with Crippen LogP contribution in [-0.4, -0.2) is 46.8 Å². The molecule has 186 valence electrons. The quantitative estimate of drug-likeness (QED) is 0.308. The van der Waals surface area contributed by atoms with Crippen LogP contribution in [0, 0.1) is 11.6 Å². The molecule has 0 bridgehead atoms. The molecular weight excluding hydrogens is 492 g/mol. The van der Waals surface area contributed by atoms with Crippen LogP contribution in [0.5, 0.6) is 0 Å². The first-order chi connectivity index (χ1) is 17.3. The Balaban J connectivity index is 1.61. The van der Waals surface area contributed by atoms with Gasteiger partial charge in [-0.05, 0) is 42.4 Å². The predicted molar refractivity (Wildman–Crippen MR) is 130 cm³/mol. The molecule has 0 amide bonds. The van der Waals surface area contributed by atoms with Crippen LogP contribution >= 0.6 is 11.6 Å². The first-order valence-electron chi connectivity index (χ1n) is 10.9. The van der Waals surface area contributed by atoms with Gasteiger partial charge in [-0.1, -0.05) is 47.1 Å². The lowest BCUT2D eigenvalue weighted by atomic mass is 9.97. The molecule has 0 atom stereocenters. The van der Waals surface area contributed by atoms with Crippen molar-refractivity contribution in [3.8, 4) is 34.0 Å². The van der Waals surface area contributed by atoms with Crippen LogP contribution in [0.3, 0.4) is 0 Å². The number of carboxylic acids is 1. The Hall–Kier alpha value is -3.66. The number of aliphatic carboxylic acids is 1. The minimum atomic E-state index is -0.991. The summed E-state index contributed by atoms with van der Waals surface area (Å²) < 4.78 is 39.4. The highest BCUT2D eigenvalue weighted by Crippen LogP contribution is 2.35. The van der Waals surface area contributed by atoms with Crippen molar-refractivity contribution < 1.29 is 27.9 Å². The van der Waals surface area contributed by atoms with Gasteiger partial charge in [-0.25, -0.2) is 8.78 Å². The lowest BCUT2D eigenvalue weighted by molar-refractivity contribution is -0.138. The molecule has 4 aromatic rings. The fraction of sp³-hybridized carbons (Fsp3) is 0.192. The van der Waals surface area contributed by atoms with E-state index in [4.69, 9.17) is 26.0 Å². The Morgan fingerprint density at radius 1 is 1.06 bits per heavy atom. The molecule has 1 heterocycles. The number of carbonyl (C=O) groups is 1. The standard InChI is InChI=1S/C26H22ClF2N3O4/c1-32(13-23(33)34)12-17-7-6-15(11-22(17)29)25-30-26(36-31-25)16-8-9-19(18(10-16)14-35-2)20-4-3-5-21(28)24(20)27/h3-11H,12-14H2,1-2H3,(H,33,34). The third-order valence-electron chi connectivity index (χ3n) is 5.48. The third-order valence-corrected chi connectivity index (χ3v) is 5.86. The van der Waals surface area contributed by atoms with E-state index in [2.05, 4.69) is 10.1 Å². The number of aromatic nitrogens is 2. The molecule has 3 aromatic carbocycles. The van der Waals surface area contributed by atoms with Crippen molar-refractivity contribution in [2.24, 2.45) is 0 Å². The van der Waals surface area contributed by atoms with Gasteiger partial charge in [-0.2, -0.15) is 4.98 Å². The van der Waals surface area contributed by atoms with Crippen molar-refractivity contribution in [2.75, 3.05) is 20.7 Å². The molecule has 7 nitrogen and oxygen atoms in total. The maximum Gasteiger partial charge on any atom is 0.317 e. The zero-order valence-electron chi connectivity index (χ0n) is 19.5. The molecule has 0 fully saturated rings. The number of hydrogen-bond acceptors (Lipinski definition) is 6. The highest BCUT2D eigenvalue weighted by atomic mass is 35.5. The van der Waals surface area contributed by atoms with Crippen molar-refractivity contribution in [1.29, 1.82) is 0 Å². The summed E-state index contributed by atoms with van der Waals surface area (Å²) in [5.74, 6) is -1.61. The number of likely N-dealkylation sites (N-methyl/N-ethyl adjacent to an activating group) is 1. The Kier molecular flexibility index (Phi) is 7.73. The summed E-state index contributed by atoms with van der Waals surface area (Å²) >= 11 is 6.19. The second-order valence-corrected chi connectivity index (χ2v) is 8.58. The lowest BCUT2D eigenvalue weighted by Gasteiger charge is -2.14. The number of ether oxygens (including phenoxy) is 1. The van der Waals surface area contributed by atoms with E-state index in [-0.39, 0.29) is 36.4 Å². The molecule has 0 saturated heterocycles. The molecule has 1 N–H and O–H groups in total. The highest BCUT2D eigenvalue weighted by Gasteiger charge is 2.17. The molecular formula is C26H22ClF2N3O4. The monoisotopic (exact) mass is 513 g/mol. The molecule has 0 radical (unpaired) electrons. The zero-order valence-corrected chi connectivity index (χ0v) is 20.2. The average molecular weight is 514 g/mol. The van der Waals surface area contributed by atoms with Crippen LogP contribution in [0.2, 0.25) is 5.02 Å². The summed E-state index contributed by atoms with van der Waals surface area (Å²) in [7, 11) is 3.14. The number of hydrogen-bond donors (Lipinski definition) is 1. The minimum Gasteiger partial charge on any atom is -0.480 e. The van der Waals surface area contributed by atoms with Gasteiger partial charge in [0.2, 0.25) is 5.82 Å². The molecule has 1 aromatic heterocycles. The maximum atomic E-state index is 14.7. The van der Waals surface area contributed by atoms with E-state index >= 15 is 0 Å². The van der Waals surface area contributed by atoms with Crippen LogP contribution < -0.4 is 0 Å². The van der Waals surface area contributed by atoms with Crippen LogP contribution in [0.4, 0.5) is 8.78 Å². The summed E-state index contributed by atoms with van der Waals surface area (Å²) in [6.07, 6.45) is 0. The minimum absolute atomic E-state index is 0.0160. The van der Waals surface area contributed by atoms with E-state index in [1.807, 2.05) is 0 Å². The van der Waals surface area contributed by atoms with Gasteiger partial charge >= 0.3 is 5.97 Å². The number of halogens is 3. The van der Waals surface area contributed by atoms with Gasteiger partial charge in [-0.15, -0.1) is 0 Å². The van der Waals surface area contributed by atoms with Gasteiger partial charge in [0, 0.05) is 35.9 Å². The van der Waals surface area contributed by atoms with Crippen LogP contribution in [-0.2, 0) is 22.7 Å². The van der Waals surface area contributed by atoms with E-state index < -0.39 is 17.6 Å². The molecule has 4 rings (SSSR count). The van der Waals surface area contributed by atoms with Crippen molar-refractivity contribution >= 4 is 17.6 Å². The molecule has 0 aliphatic rings. The average Bonchev–Trinajstić information content (AvgIpc) is 3.32. The number of nitrogens with zero attached hydrogens (tertiary/aromatic N) is 3. The van der Waals surface area contributed by atoms with Gasteiger partial charge in [-0.3, -0.25) is 9.69 Å². The van der Waals surface area contributed by atoms with Gasteiger partial charge in [0.1, 0.15) is 11.6 Å². The molecule has 0 unspecified atom stereocenters. The van der Waals surface area contributed by atoms with Crippen molar-refractivity contribution in [2.45, 2.75) is 13.2 Å². The summed E-state index contributed by atoms with van der Waals surface area (Å²) in [6, 6.07) is 14.4. The Morgan fingerprint density at radius 3 is 2.56 bits per heavy atom. The van der Waals surface area contributed by atoms with E-state index in [1.54, 1.807) is 56.6 Å². The first-order valence-corrected chi connectivity index (χ1v) is 11.2. The van der Waals surface area contributed by atoms with E-state index in [0.29, 0.717) is 27.8 Å². The third kappa shape index (κ3) is 5.59. The molecule has 0 saturated carbocycles. The van der Waals surface area contributed by atoms with Crippen LogP contribution in [0.15, 0.2) is 59.1 Å². The lowest BCUT2D eigenvalue weighted by Crippen LogP contribution is -2.25. The van der Waals surface area contributed by atoms with Crippen molar-refractivity contribution in [3.63, 3.8) is 0 Å². The normalized spacial score (nSPS) is 11.3. The zero-order chi connectivity index (χ0) is 25.8. The van der Waals surface area contributed by atoms with Crippen LogP contribution in [0.25, 0.3) is 34.0 Å². The number of carboxylic acid groups (broad SMARTS) is 1. The predicted octanol–water partition coefficient (Wildman–Crippen LogP) is 5.67. The summed E-state index contributed by atoms with van der Waals surface area (Å²) in [6.45, 7) is 0.171. The number of rotatable bonds is 9. The Bertz CT molecular complexity index is 1410. The van der Waals surface area contributed by atoms with Crippen molar-refractivity contribution in [1.82, 2.24) is 15.0 Å². The number of methoxy groups -OCH3 is 1. The van der Waals surface area contributed by atoms with E-state index in [0.717, 1.165) is 5.56 Å². The van der Waals surface area contributed by atoms with Gasteiger partial charge in [0.15, 0.2) is 0 Å². The molecule has 36 heavy (non-hydrogen) atoms. The van der Waals surface area contributed by atoms with Gasteiger partial charge in [0.05, 0.1) is 18.2 Å². The highest BCUT2D eigenvalue weighted by molar-refractivity contribution is 6.33. The van der Waals surface area contributed by atoms with Crippen LogP contribution in [0.1, 0.15) is 11.1 Å². The largest absolute Gasteiger partial charge is 0.480 e. The van der Waals surface area contributed by atoms with Gasteiger partial charge in [0.25, 0.3) is 5.89 Å². The Labute approximate surface area is 210 Å². The smallest absolute Gasteiger partial charge is 0.317 e. The number of benzene rings is 3. The molecule has 0 aliphatic heterocycles. The maximum absolute atomic E-state index is 14.7. The fourth-order valence-electron chi connectivity index (χ4n) is 3.83. The van der Waals surface area contributed by atoms with E-state index in [1.165, 1.54) is 17.0 Å². The second-order valence-electron chi connectivity index (χ2n) is 8.20. The second kappa shape index (κ2) is 10.9. The fourth-order valence-corrected chi connectivity index (χ4v) is 4.05.